The van der Waals surface area contributed by atoms with E-state index < -0.39 is 10.0 Å². The number of rotatable bonds is 5. The van der Waals surface area contributed by atoms with Crippen LogP contribution in [0.15, 0.2) is 16.3 Å². The van der Waals surface area contributed by atoms with Crippen molar-refractivity contribution in [3.05, 3.63) is 16.3 Å². The molecule has 0 unspecified atom stereocenters. The van der Waals surface area contributed by atoms with Gasteiger partial charge in [-0.05, 0) is 32.3 Å². The summed E-state index contributed by atoms with van der Waals surface area (Å²) in [5.74, 6) is -0.198. The van der Waals surface area contributed by atoms with E-state index in [9.17, 15) is 13.2 Å². The van der Waals surface area contributed by atoms with Gasteiger partial charge in [0.2, 0.25) is 10.0 Å². The van der Waals surface area contributed by atoms with Crippen LogP contribution in [-0.2, 0) is 10.0 Å². The predicted molar refractivity (Wildman–Crippen MR) is 88.8 cm³/mol. The zero-order valence-corrected chi connectivity index (χ0v) is 14.8. The predicted octanol–water partition coefficient (Wildman–Crippen LogP) is 2.84. The van der Waals surface area contributed by atoms with Gasteiger partial charge in [0.1, 0.15) is 0 Å². The Labute approximate surface area is 136 Å². The van der Waals surface area contributed by atoms with Crippen molar-refractivity contribution in [3.63, 3.8) is 0 Å². The second kappa shape index (κ2) is 7.57. The van der Waals surface area contributed by atoms with Gasteiger partial charge >= 0.3 is 0 Å². The van der Waals surface area contributed by atoms with Crippen molar-refractivity contribution >= 4 is 27.3 Å². The molecular formula is C15H24N2O3S2. The number of nitrogens with one attached hydrogen (secondary N) is 1. The third-order valence-electron chi connectivity index (χ3n) is 3.99. The quantitative estimate of drug-likeness (QED) is 0.893. The van der Waals surface area contributed by atoms with E-state index in [1.54, 1.807) is 9.69 Å². The maximum atomic E-state index is 12.7. The highest BCUT2D eigenvalue weighted by Crippen LogP contribution is 2.25. The molecule has 0 aromatic carbocycles. The van der Waals surface area contributed by atoms with E-state index in [4.69, 9.17) is 0 Å². The van der Waals surface area contributed by atoms with Crippen molar-refractivity contribution in [2.75, 3.05) is 13.1 Å². The van der Waals surface area contributed by atoms with Crippen LogP contribution in [0.3, 0.4) is 0 Å². The molecule has 0 bridgehead atoms. The van der Waals surface area contributed by atoms with Gasteiger partial charge in [0.25, 0.3) is 5.91 Å². The van der Waals surface area contributed by atoms with Gasteiger partial charge in [-0.15, -0.1) is 11.3 Å². The number of carbonyl (C=O) groups excluding carboxylic acids is 1. The monoisotopic (exact) mass is 344 g/mol. The van der Waals surface area contributed by atoms with Crippen LogP contribution in [0.5, 0.6) is 0 Å². The Kier molecular flexibility index (Phi) is 6.00. The minimum Gasteiger partial charge on any atom is -0.349 e. The Morgan fingerprint density at radius 3 is 2.55 bits per heavy atom. The molecule has 1 amide bonds. The summed E-state index contributed by atoms with van der Waals surface area (Å²) in [7, 11) is -3.47. The molecule has 0 saturated carbocycles. The summed E-state index contributed by atoms with van der Waals surface area (Å²) in [6.07, 6.45) is 4.82. The van der Waals surface area contributed by atoms with E-state index in [0.29, 0.717) is 18.0 Å². The van der Waals surface area contributed by atoms with Crippen LogP contribution in [0.25, 0.3) is 0 Å². The molecule has 1 fully saturated rings. The molecule has 7 heteroatoms. The number of amides is 1. The fourth-order valence-electron chi connectivity index (χ4n) is 2.40. The average molecular weight is 345 g/mol. The standard InChI is InChI=1S/C15H24N2O3S2/c1-3-12(2)16-15(18)14-10-13(11-21-14)22(19,20)17-8-6-4-5-7-9-17/h10-12H,3-9H2,1-2H3,(H,16,18)/t12-/m0/s1. The van der Waals surface area contributed by atoms with Crippen LogP contribution in [0.4, 0.5) is 0 Å². The molecule has 2 rings (SSSR count). The molecule has 0 radical (unpaired) electrons. The smallest absolute Gasteiger partial charge is 0.261 e. The van der Waals surface area contributed by atoms with Crippen molar-refractivity contribution in [1.29, 1.82) is 0 Å². The second-order valence-electron chi connectivity index (χ2n) is 5.75. The highest BCUT2D eigenvalue weighted by Gasteiger charge is 2.27. The Balaban J connectivity index is 2.14. The highest BCUT2D eigenvalue weighted by molar-refractivity contribution is 7.89. The first-order valence-corrected chi connectivity index (χ1v) is 10.2. The summed E-state index contributed by atoms with van der Waals surface area (Å²) in [5.41, 5.74) is 0. The lowest BCUT2D eigenvalue weighted by atomic mass is 10.2. The molecule has 1 atom stereocenters. The van der Waals surface area contributed by atoms with E-state index >= 15 is 0 Å². The highest BCUT2D eigenvalue weighted by atomic mass is 32.2. The molecule has 2 heterocycles. The number of carbonyl (C=O) groups is 1. The minimum absolute atomic E-state index is 0.0836. The number of hydrogen-bond acceptors (Lipinski definition) is 4. The minimum atomic E-state index is -3.47. The molecule has 1 aliphatic heterocycles. The van der Waals surface area contributed by atoms with E-state index in [-0.39, 0.29) is 16.8 Å². The lowest BCUT2D eigenvalue weighted by Gasteiger charge is -2.18. The largest absolute Gasteiger partial charge is 0.349 e. The Morgan fingerprint density at radius 2 is 1.95 bits per heavy atom. The van der Waals surface area contributed by atoms with Crippen LogP contribution in [0.1, 0.15) is 55.6 Å². The Morgan fingerprint density at radius 1 is 1.32 bits per heavy atom. The number of sulfonamides is 1. The fraction of sp³-hybridized carbons (Fsp3) is 0.667. The van der Waals surface area contributed by atoms with Crippen molar-refractivity contribution < 1.29 is 13.2 Å². The third kappa shape index (κ3) is 4.08. The van der Waals surface area contributed by atoms with Crippen molar-refractivity contribution in [3.8, 4) is 0 Å². The second-order valence-corrected chi connectivity index (χ2v) is 8.60. The summed E-state index contributed by atoms with van der Waals surface area (Å²) in [5, 5.41) is 4.44. The Bertz CT molecular complexity index is 602. The number of hydrogen-bond donors (Lipinski definition) is 1. The molecule has 22 heavy (non-hydrogen) atoms. The molecule has 1 aliphatic rings. The van der Waals surface area contributed by atoms with Crippen molar-refractivity contribution in [2.45, 2.75) is 56.9 Å². The molecular weight excluding hydrogens is 320 g/mol. The molecule has 1 saturated heterocycles. The first-order valence-electron chi connectivity index (χ1n) is 7.84. The first-order chi connectivity index (χ1) is 10.4. The summed E-state index contributed by atoms with van der Waals surface area (Å²) < 4.78 is 26.9. The normalized spacial score (nSPS) is 18.6. The van der Waals surface area contributed by atoms with Gasteiger partial charge in [-0.2, -0.15) is 4.31 Å². The summed E-state index contributed by atoms with van der Waals surface area (Å²) >= 11 is 1.19. The summed E-state index contributed by atoms with van der Waals surface area (Å²) in [4.78, 5) is 12.8. The topological polar surface area (TPSA) is 66.5 Å². The maximum absolute atomic E-state index is 12.7. The summed E-state index contributed by atoms with van der Waals surface area (Å²) in [6.45, 7) is 5.08. The van der Waals surface area contributed by atoms with Gasteiger partial charge in [0.15, 0.2) is 0 Å². The summed E-state index contributed by atoms with van der Waals surface area (Å²) in [6, 6.07) is 1.59. The SMILES string of the molecule is CC[C@H](C)NC(=O)c1cc(S(=O)(=O)N2CCCCCC2)cs1. The van der Waals surface area contributed by atoms with Gasteiger partial charge in [-0.3, -0.25) is 4.79 Å². The number of nitrogens with zero attached hydrogens (tertiary/aromatic N) is 1. The fourth-order valence-corrected chi connectivity index (χ4v) is 5.08. The molecule has 124 valence electrons. The van der Waals surface area contributed by atoms with Crippen LogP contribution >= 0.6 is 11.3 Å². The molecule has 0 spiro atoms. The van der Waals surface area contributed by atoms with Gasteiger partial charge in [-0.1, -0.05) is 19.8 Å². The molecule has 1 N–H and O–H groups in total. The van der Waals surface area contributed by atoms with Gasteiger partial charge in [0.05, 0.1) is 9.77 Å². The van der Waals surface area contributed by atoms with E-state index in [1.165, 1.54) is 17.4 Å². The average Bonchev–Trinajstić information content (AvgIpc) is 2.83. The van der Waals surface area contributed by atoms with Gasteiger partial charge in [0, 0.05) is 24.5 Å². The van der Waals surface area contributed by atoms with Gasteiger partial charge in [-0.25, -0.2) is 8.42 Å². The molecule has 1 aromatic heterocycles. The van der Waals surface area contributed by atoms with Crippen LogP contribution < -0.4 is 5.32 Å². The van der Waals surface area contributed by atoms with Crippen LogP contribution in [0, 0.1) is 0 Å². The lowest BCUT2D eigenvalue weighted by molar-refractivity contribution is 0.0943. The third-order valence-corrected chi connectivity index (χ3v) is 6.95. The van der Waals surface area contributed by atoms with E-state index in [0.717, 1.165) is 32.1 Å². The Hall–Kier alpha value is -0.920. The van der Waals surface area contributed by atoms with Gasteiger partial charge < -0.3 is 5.32 Å². The molecule has 1 aromatic rings. The zero-order chi connectivity index (χ0) is 16.2. The number of thiophene rings is 1. The van der Waals surface area contributed by atoms with Crippen molar-refractivity contribution in [1.82, 2.24) is 9.62 Å². The first kappa shape index (κ1) is 17.4. The zero-order valence-electron chi connectivity index (χ0n) is 13.2. The molecule has 0 aliphatic carbocycles. The lowest BCUT2D eigenvalue weighted by Crippen LogP contribution is -2.32. The molecule has 5 nitrogen and oxygen atoms in total. The van der Waals surface area contributed by atoms with Crippen LogP contribution in [0.2, 0.25) is 0 Å². The maximum Gasteiger partial charge on any atom is 0.261 e. The van der Waals surface area contributed by atoms with E-state index in [2.05, 4.69) is 5.32 Å². The van der Waals surface area contributed by atoms with Crippen LogP contribution in [-0.4, -0.2) is 37.8 Å². The van der Waals surface area contributed by atoms with Crippen molar-refractivity contribution in [2.24, 2.45) is 0 Å². The van der Waals surface area contributed by atoms with E-state index in [1.807, 2.05) is 13.8 Å².